The van der Waals surface area contributed by atoms with Gasteiger partial charge in [-0.2, -0.15) is 0 Å². The van der Waals surface area contributed by atoms with E-state index in [1.54, 1.807) is 6.08 Å². The van der Waals surface area contributed by atoms with Gasteiger partial charge in [0.25, 0.3) is 0 Å². The smallest absolute Gasteiger partial charge is 0.0119 e. The van der Waals surface area contributed by atoms with Crippen LogP contribution in [0.4, 0.5) is 0 Å². The predicted octanol–water partition coefficient (Wildman–Crippen LogP) is 2.54. The summed E-state index contributed by atoms with van der Waals surface area (Å²) in [6.45, 7) is 5.52. The van der Waals surface area contributed by atoms with Gasteiger partial charge in [0.05, 0.1) is 0 Å². The van der Waals surface area contributed by atoms with Crippen LogP contribution < -0.4 is 5.73 Å². The van der Waals surface area contributed by atoms with Crippen LogP contribution in [0.5, 0.6) is 0 Å². The number of hydrogen-bond acceptors (Lipinski definition) is 1. The van der Waals surface area contributed by atoms with Crippen molar-refractivity contribution in [2.45, 2.75) is 13.3 Å². The van der Waals surface area contributed by atoms with Crippen molar-refractivity contribution < 1.29 is 0 Å². The third-order valence-electron chi connectivity index (χ3n) is 1.13. The van der Waals surface area contributed by atoms with Gasteiger partial charge < -0.3 is 5.73 Å². The maximum absolute atomic E-state index is 5.62. The largest absolute Gasteiger partial charge is 0.402 e. The van der Waals surface area contributed by atoms with Gasteiger partial charge in [-0.1, -0.05) is 37.0 Å². The molecule has 0 aliphatic carbocycles. The highest BCUT2D eigenvalue weighted by molar-refractivity contribution is 5.13. The average Bonchev–Trinajstić information content (AvgIpc) is 2.01. The number of nitrogens with two attached hydrogens (primary N) is 1. The van der Waals surface area contributed by atoms with Crippen molar-refractivity contribution in [3.63, 3.8) is 0 Å². The molecule has 11 heavy (non-hydrogen) atoms. The SMILES string of the molecule is C=C/C=C\C/C(N)=C/C=C\C. The van der Waals surface area contributed by atoms with Crippen molar-refractivity contribution in [3.05, 3.63) is 48.7 Å². The molecule has 0 bridgehead atoms. The summed E-state index contributed by atoms with van der Waals surface area (Å²) in [5.41, 5.74) is 6.49. The molecule has 0 spiro atoms. The second kappa shape index (κ2) is 6.87. The van der Waals surface area contributed by atoms with E-state index in [0.717, 1.165) is 12.1 Å². The van der Waals surface area contributed by atoms with E-state index in [2.05, 4.69) is 6.58 Å². The minimum absolute atomic E-state index is 0.788. The zero-order valence-electron chi connectivity index (χ0n) is 6.96. The third-order valence-corrected chi connectivity index (χ3v) is 1.13. The van der Waals surface area contributed by atoms with Crippen molar-refractivity contribution in [3.8, 4) is 0 Å². The zero-order valence-corrected chi connectivity index (χ0v) is 6.96. The summed E-state index contributed by atoms with van der Waals surface area (Å²) < 4.78 is 0. The molecule has 0 rings (SSSR count). The van der Waals surface area contributed by atoms with E-state index in [0.29, 0.717) is 0 Å². The summed E-state index contributed by atoms with van der Waals surface area (Å²) in [4.78, 5) is 0. The number of hydrogen-bond donors (Lipinski definition) is 1. The van der Waals surface area contributed by atoms with E-state index in [1.807, 2.05) is 37.3 Å². The molecule has 0 aliphatic rings. The second-order valence-corrected chi connectivity index (χ2v) is 2.14. The standard InChI is InChI=1S/C10H15N/c1-3-5-7-9-10(11)8-6-4-2/h3-8H,1,9,11H2,2H3/b6-4-,7-5-,10-8-. The first kappa shape index (κ1) is 9.76. The lowest BCUT2D eigenvalue weighted by Gasteiger charge is -1.91. The Hall–Kier alpha value is -1.24. The molecule has 1 nitrogen and oxygen atoms in total. The molecule has 2 N–H and O–H groups in total. The van der Waals surface area contributed by atoms with Gasteiger partial charge in [0.2, 0.25) is 0 Å². The molecule has 0 aliphatic heterocycles. The molecule has 0 aromatic carbocycles. The highest BCUT2D eigenvalue weighted by Crippen LogP contribution is 1.94. The normalized spacial score (nSPS) is 13.0. The molecule has 0 unspecified atom stereocenters. The zero-order chi connectivity index (χ0) is 8.53. The quantitative estimate of drug-likeness (QED) is 0.611. The molecule has 0 radical (unpaired) electrons. The fraction of sp³-hybridized carbons (Fsp3) is 0.200. The van der Waals surface area contributed by atoms with Crippen molar-refractivity contribution in [1.82, 2.24) is 0 Å². The predicted molar refractivity (Wildman–Crippen MR) is 51.0 cm³/mol. The Morgan fingerprint density at radius 1 is 1.45 bits per heavy atom. The first-order valence-corrected chi connectivity index (χ1v) is 3.66. The maximum atomic E-state index is 5.62. The van der Waals surface area contributed by atoms with Crippen LogP contribution in [0, 0.1) is 0 Å². The number of rotatable bonds is 4. The molecular weight excluding hydrogens is 134 g/mol. The summed E-state index contributed by atoms with van der Waals surface area (Å²) in [7, 11) is 0. The molecule has 0 atom stereocenters. The van der Waals surface area contributed by atoms with Gasteiger partial charge in [-0.15, -0.1) is 0 Å². The van der Waals surface area contributed by atoms with Gasteiger partial charge in [0.1, 0.15) is 0 Å². The van der Waals surface area contributed by atoms with Crippen LogP contribution in [0.25, 0.3) is 0 Å². The lowest BCUT2D eigenvalue weighted by Crippen LogP contribution is -1.93. The molecule has 0 saturated carbocycles. The van der Waals surface area contributed by atoms with Gasteiger partial charge in [0, 0.05) is 12.1 Å². The first-order chi connectivity index (χ1) is 5.31. The van der Waals surface area contributed by atoms with E-state index < -0.39 is 0 Å². The molecular formula is C10H15N. The molecule has 0 heterocycles. The molecule has 0 aromatic rings. The fourth-order valence-corrected chi connectivity index (χ4v) is 0.588. The van der Waals surface area contributed by atoms with Gasteiger partial charge in [0.15, 0.2) is 0 Å². The Morgan fingerprint density at radius 2 is 2.18 bits per heavy atom. The van der Waals surface area contributed by atoms with Gasteiger partial charge >= 0.3 is 0 Å². The van der Waals surface area contributed by atoms with Crippen LogP contribution in [0.15, 0.2) is 48.7 Å². The Labute approximate surface area is 68.6 Å². The molecule has 1 heteroatoms. The van der Waals surface area contributed by atoms with Crippen LogP contribution in [0.3, 0.4) is 0 Å². The summed E-state index contributed by atoms with van der Waals surface area (Å²) in [6, 6.07) is 0. The molecule has 0 fully saturated rings. The van der Waals surface area contributed by atoms with Crippen molar-refractivity contribution in [1.29, 1.82) is 0 Å². The maximum Gasteiger partial charge on any atom is 0.0119 e. The molecule has 0 aromatic heterocycles. The van der Waals surface area contributed by atoms with Crippen LogP contribution in [0.1, 0.15) is 13.3 Å². The van der Waals surface area contributed by atoms with E-state index in [4.69, 9.17) is 5.73 Å². The van der Waals surface area contributed by atoms with Gasteiger partial charge in [-0.25, -0.2) is 0 Å². The minimum atomic E-state index is 0.788. The number of allylic oxidation sites excluding steroid dienone is 6. The summed E-state index contributed by atoms with van der Waals surface area (Å²) in [5, 5.41) is 0. The van der Waals surface area contributed by atoms with Crippen LogP contribution in [-0.4, -0.2) is 0 Å². The lowest BCUT2D eigenvalue weighted by atomic mass is 10.2. The first-order valence-electron chi connectivity index (χ1n) is 3.66. The summed E-state index contributed by atoms with van der Waals surface area (Å²) in [6.07, 6.45) is 12.2. The van der Waals surface area contributed by atoms with Gasteiger partial charge in [-0.05, 0) is 13.0 Å². The van der Waals surface area contributed by atoms with E-state index in [1.165, 1.54) is 0 Å². The van der Waals surface area contributed by atoms with Crippen LogP contribution in [-0.2, 0) is 0 Å². The summed E-state index contributed by atoms with van der Waals surface area (Å²) >= 11 is 0. The Kier molecular flexibility index (Phi) is 6.10. The lowest BCUT2D eigenvalue weighted by molar-refractivity contribution is 1.17. The monoisotopic (exact) mass is 149 g/mol. The molecule has 0 amide bonds. The highest BCUT2D eigenvalue weighted by Gasteiger charge is 1.80. The fourth-order valence-electron chi connectivity index (χ4n) is 0.588. The Balaban J connectivity index is 3.76. The third kappa shape index (κ3) is 6.65. The molecule has 60 valence electrons. The van der Waals surface area contributed by atoms with E-state index in [-0.39, 0.29) is 0 Å². The van der Waals surface area contributed by atoms with Crippen LogP contribution >= 0.6 is 0 Å². The minimum Gasteiger partial charge on any atom is -0.402 e. The Morgan fingerprint density at radius 3 is 2.73 bits per heavy atom. The topological polar surface area (TPSA) is 26.0 Å². The highest BCUT2D eigenvalue weighted by atomic mass is 14.6. The average molecular weight is 149 g/mol. The van der Waals surface area contributed by atoms with Crippen molar-refractivity contribution >= 4 is 0 Å². The summed E-state index contributed by atoms with van der Waals surface area (Å²) in [5.74, 6) is 0. The van der Waals surface area contributed by atoms with Crippen molar-refractivity contribution in [2.24, 2.45) is 5.73 Å². The Bertz CT molecular complexity index is 185. The van der Waals surface area contributed by atoms with Crippen LogP contribution in [0.2, 0.25) is 0 Å². The van der Waals surface area contributed by atoms with Crippen molar-refractivity contribution in [2.75, 3.05) is 0 Å². The van der Waals surface area contributed by atoms with Gasteiger partial charge in [-0.3, -0.25) is 0 Å². The van der Waals surface area contributed by atoms with E-state index in [9.17, 15) is 0 Å². The van der Waals surface area contributed by atoms with E-state index >= 15 is 0 Å². The molecule has 0 saturated heterocycles. The second-order valence-electron chi connectivity index (χ2n) is 2.14.